The Labute approximate surface area is 127 Å². The second-order valence-corrected chi connectivity index (χ2v) is 5.62. The van der Waals surface area contributed by atoms with Crippen LogP contribution < -0.4 is 20.7 Å². The van der Waals surface area contributed by atoms with Crippen molar-refractivity contribution in [1.29, 1.82) is 0 Å². The lowest BCUT2D eigenvalue weighted by Gasteiger charge is -2.21. The second-order valence-electron chi connectivity index (χ2n) is 4.84. The van der Waals surface area contributed by atoms with Crippen LogP contribution in [-0.4, -0.2) is 22.8 Å². The number of benzene rings is 1. The topological polar surface area (TPSA) is 82.3 Å². The average molecular weight is 306 g/mol. The molecule has 0 saturated heterocycles. The summed E-state index contributed by atoms with van der Waals surface area (Å²) in [4.78, 5) is 1.05. The number of hydrazine groups is 1. The van der Waals surface area contributed by atoms with Crippen LogP contribution in [0.15, 0.2) is 18.2 Å². The minimum Gasteiger partial charge on any atom is -0.486 e. The third-order valence-electron chi connectivity index (χ3n) is 3.40. The molecule has 3 rings (SSSR count). The molecule has 1 unspecified atom stereocenters. The van der Waals surface area contributed by atoms with Gasteiger partial charge >= 0.3 is 0 Å². The summed E-state index contributed by atoms with van der Waals surface area (Å²) in [5.74, 6) is 7.30. The van der Waals surface area contributed by atoms with Crippen LogP contribution in [0.3, 0.4) is 0 Å². The molecule has 21 heavy (non-hydrogen) atoms. The average Bonchev–Trinajstić information content (AvgIpc) is 2.97. The second kappa shape index (κ2) is 6.38. The summed E-state index contributed by atoms with van der Waals surface area (Å²) < 4.78 is 15.2. The number of fused-ring (bicyclic) bond motifs is 1. The van der Waals surface area contributed by atoms with Crippen LogP contribution in [0.4, 0.5) is 0 Å². The summed E-state index contributed by atoms with van der Waals surface area (Å²) in [6, 6.07) is 5.74. The fraction of sp³-hybridized carbons (Fsp3) is 0.429. The van der Waals surface area contributed by atoms with Crippen LogP contribution >= 0.6 is 11.5 Å². The number of nitrogens with two attached hydrogens (primary N) is 1. The molecule has 3 N–H and O–H groups in total. The number of ether oxygens (including phenoxy) is 2. The minimum atomic E-state index is -0.137. The zero-order chi connectivity index (χ0) is 14.7. The molecule has 0 saturated carbocycles. The molecule has 112 valence electrons. The number of rotatable bonds is 5. The highest BCUT2D eigenvalue weighted by atomic mass is 32.1. The van der Waals surface area contributed by atoms with Gasteiger partial charge in [0, 0.05) is 0 Å². The smallest absolute Gasteiger partial charge is 0.161 e. The molecule has 2 heterocycles. The fourth-order valence-corrected chi connectivity index (χ4v) is 3.19. The van der Waals surface area contributed by atoms with E-state index in [9.17, 15) is 0 Å². The van der Waals surface area contributed by atoms with Crippen molar-refractivity contribution < 1.29 is 9.47 Å². The highest BCUT2D eigenvalue weighted by Crippen LogP contribution is 2.35. The monoisotopic (exact) mass is 306 g/mol. The van der Waals surface area contributed by atoms with Gasteiger partial charge < -0.3 is 9.47 Å². The molecule has 0 bridgehead atoms. The molecule has 2 aromatic rings. The van der Waals surface area contributed by atoms with Gasteiger partial charge in [-0.05, 0) is 35.6 Å². The number of aryl methyl sites for hydroxylation is 1. The summed E-state index contributed by atoms with van der Waals surface area (Å²) in [5, 5.41) is 4.20. The van der Waals surface area contributed by atoms with E-state index in [0.29, 0.717) is 13.2 Å². The quantitative estimate of drug-likeness (QED) is 0.647. The first-order chi connectivity index (χ1) is 10.3. The van der Waals surface area contributed by atoms with E-state index in [2.05, 4.69) is 21.9 Å². The molecular formula is C14H18N4O2S. The highest BCUT2D eigenvalue weighted by molar-refractivity contribution is 7.05. The first-order valence-corrected chi connectivity index (χ1v) is 7.77. The van der Waals surface area contributed by atoms with E-state index in [1.165, 1.54) is 11.5 Å². The van der Waals surface area contributed by atoms with Crippen LogP contribution in [0.1, 0.15) is 35.5 Å². The Kier molecular flexibility index (Phi) is 4.33. The Morgan fingerprint density at radius 2 is 2.14 bits per heavy atom. The zero-order valence-corrected chi connectivity index (χ0v) is 12.7. The van der Waals surface area contributed by atoms with Crippen molar-refractivity contribution in [2.24, 2.45) is 5.84 Å². The summed E-state index contributed by atoms with van der Waals surface area (Å²) in [7, 11) is 0. The van der Waals surface area contributed by atoms with Gasteiger partial charge in [-0.1, -0.05) is 23.9 Å². The molecule has 0 aliphatic carbocycles. The molecule has 6 nitrogen and oxygen atoms in total. The van der Waals surface area contributed by atoms with Crippen LogP contribution in [0, 0.1) is 0 Å². The number of nitrogens with zero attached hydrogens (tertiary/aromatic N) is 2. The maximum atomic E-state index is 5.77. The van der Waals surface area contributed by atoms with Gasteiger partial charge in [0.15, 0.2) is 11.5 Å². The van der Waals surface area contributed by atoms with Gasteiger partial charge in [-0.25, -0.2) is 5.43 Å². The summed E-state index contributed by atoms with van der Waals surface area (Å²) in [5.41, 5.74) is 4.88. The molecule has 7 heteroatoms. The van der Waals surface area contributed by atoms with Crippen LogP contribution in [0.2, 0.25) is 0 Å². The van der Waals surface area contributed by atoms with Gasteiger partial charge in [0.1, 0.15) is 13.2 Å². The Bertz CT molecular complexity index is 617. The van der Waals surface area contributed by atoms with E-state index in [4.69, 9.17) is 15.3 Å². The Morgan fingerprint density at radius 3 is 2.90 bits per heavy atom. The Balaban J connectivity index is 1.94. The third kappa shape index (κ3) is 2.85. The van der Waals surface area contributed by atoms with Crippen molar-refractivity contribution in [3.05, 3.63) is 34.3 Å². The molecule has 0 radical (unpaired) electrons. The van der Waals surface area contributed by atoms with Gasteiger partial charge in [0.05, 0.1) is 16.6 Å². The number of hydrogen-bond acceptors (Lipinski definition) is 7. The Morgan fingerprint density at radius 1 is 1.33 bits per heavy atom. The molecule has 1 aromatic heterocycles. The Hall–Kier alpha value is -1.70. The lowest BCUT2D eigenvalue weighted by Crippen LogP contribution is -2.29. The highest BCUT2D eigenvalue weighted by Gasteiger charge is 2.22. The van der Waals surface area contributed by atoms with E-state index in [1.807, 2.05) is 18.2 Å². The predicted molar refractivity (Wildman–Crippen MR) is 80.5 cm³/mol. The van der Waals surface area contributed by atoms with E-state index >= 15 is 0 Å². The van der Waals surface area contributed by atoms with Crippen LogP contribution in [-0.2, 0) is 6.42 Å². The summed E-state index contributed by atoms with van der Waals surface area (Å²) in [6.07, 6.45) is 1.92. The van der Waals surface area contributed by atoms with E-state index < -0.39 is 0 Å². The summed E-state index contributed by atoms with van der Waals surface area (Å²) in [6.45, 7) is 3.28. The molecule has 1 aromatic carbocycles. The fourth-order valence-electron chi connectivity index (χ4n) is 2.41. The molecule has 1 aliphatic heterocycles. The predicted octanol–water partition coefficient (Wildman–Crippen LogP) is 1.81. The standard InChI is InChI=1S/C14H18N4O2S/c1-2-3-10-14(21-18-17-10)13(16-15)9-4-5-11-12(8-9)20-7-6-19-11/h4-5,8,13,16H,2-3,6-7,15H2,1H3. The lowest BCUT2D eigenvalue weighted by atomic mass is 10.0. The largest absolute Gasteiger partial charge is 0.486 e. The van der Waals surface area contributed by atoms with Crippen molar-refractivity contribution in [3.8, 4) is 11.5 Å². The van der Waals surface area contributed by atoms with E-state index in [0.717, 1.165) is 40.5 Å². The number of aromatic nitrogens is 2. The molecule has 0 spiro atoms. The maximum Gasteiger partial charge on any atom is 0.161 e. The van der Waals surface area contributed by atoms with Crippen LogP contribution in [0.25, 0.3) is 0 Å². The molecule has 0 fully saturated rings. The van der Waals surface area contributed by atoms with E-state index in [1.54, 1.807) is 0 Å². The van der Waals surface area contributed by atoms with Crippen LogP contribution in [0.5, 0.6) is 11.5 Å². The lowest BCUT2D eigenvalue weighted by molar-refractivity contribution is 0.171. The normalized spacial score (nSPS) is 15.0. The van der Waals surface area contributed by atoms with Crippen molar-refractivity contribution in [1.82, 2.24) is 15.0 Å². The van der Waals surface area contributed by atoms with Crippen molar-refractivity contribution in [2.75, 3.05) is 13.2 Å². The van der Waals surface area contributed by atoms with Gasteiger partial charge in [0.25, 0.3) is 0 Å². The van der Waals surface area contributed by atoms with Gasteiger partial charge in [-0.3, -0.25) is 5.84 Å². The molecular weight excluding hydrogens is 288 g/mol. The van der Waals surface area contributed by atoms with Crippen molar-refractivity contribution in [3.63, 3.8) is 0 Å². The SMILES string of the molecule is CCCc1nnsc1C(NN)c1ccc2c(c1)OCCO2. The zero-order valence-electron chi connectivity index (χ0n) is 11.8. The van der Waals surface area contributed by atoms with Gasteiger partial charge in [0.2, 0.25) is 0 Å². The number of hydrogen-bond donors (Lipinski definition) is 2. The van der Waals surface area contributed by atoms with Gasteiger partial charge in [-0.2, -0.15) is 0 Å². The van der Waals surface area contributed by atoms with Crippen molar-refractivity contribution >= 4 is 11.5 Å². The van der Waals surface area contributed by atoms with Crippen molar-refractivity contribution in [2.45, 2.75) is 25.8 Å². The summed E-state index contributed by atoms with van der Waals surface area (Å²) >= 11 is 1.38. The maximum absolute atomic E-state index is 5.77. The first-order valence-electron chi connectivity index (χ1n) is 7.00. The third-order valence-corrected chi connectivity index (χ3v) is 4.23. The van der Waals surface area contributed by atoms with Gasteiger partial charge in [-0.15, -0.1) is 5.10 Å². The van der Waals surface area contributed by atoms with E-state index in [-0.39, 0.29) is 6.04 Å². The number of nitrogens with one attached hydrogen (secondary N) is 1. The molecule has 0 amide bonds. The first kappa shape index (κ1) is 14.2. The molecule has 1 atom stereocenters. The molecule has 1 aliphatic rings. The minimum absolute atomic E-state index is 0.137.